The SMILES string of the molecule is CC(C)(C)OC(=O)NCc1cccc(-c2cc(C=O)c(O)c3ccoc23)c1. The summed E-state index contributed by atoms with van der Waals surface area (Å²) in [6, 6.07) is 10.7. The van der Waals surface area contributed by atoms with Crippen molar-refractivity contribution < 1.29 is 23.8 Å². The molecule has 6 heteroatoms. The number of amides is 1. The third kappa shape index (κ3) is 4.11. The summed E-state index contributed by atoms with van der Waals surface area (Å²) < 4.78 is 10.7. The minimum atomic E-state index is -0.561. The third-order valence-corrected chi connectivity index (χ3v) is 3.94. The molecule has 3 rings (SSSR count). The smallest absolute Gasteiger partial charge is 0.407 e. The molecular weight excluding hydrogens is 346 g/mol. The van der Waals surface area contributed by atoms with Crippen LogP contribution in [-0.2, 0) is 11.3 Å². The summed E-state index contributed by atoms with van der Waals surface area (Å²) in [7, 11) is 0. The molecule has 0 unspecified atom stereocenters. The largest absolute Gasteiger partial charge is 0.506 e. The van der Waals surface area contributed by atoms with Crippen molar-refractivity contribution in [3.05, 3.63) is 53.8 Å². The van der Waals surface area contributed by atoms with E-state index in [1.165, 1.54) is 6.26 Å². The molecule has 0 atom stereocenters. The van der Waals surface area contributed by atoms with Gasteiger partial charge in [0, 0.05) is 12.1 Å². The first-order chi connectivity index (χ1) is 12.8. The fraction of sp³-hybridized carbons (Fsp3) is 0.238. The van der Waals surface area contributed by atoms with E-state index >= 15 is 0 Å². The number of benzene rings is 2. The molecule has 2 aromatic carbocycles. The number of carbonyl (C=O) groups excluding carboxylic acids is 2. The van der Waals surface area contributed by atoms with E-state index < -0.39 is 11.7 Å². The van der Waals surface area contributed by atoms with Crippen LogP contribution in [0.2, 0.25) is 0 Å². The lowest BCUT2D eigenvalue weighted by molar-refractivity contribution is 0.0523. The molecule has 0 bridgehead atoms. The van der Waals surface area contributed by atoms with Crippen molar-refractivity contribution in [2.45, 2.75) is 32.9 Å². The number of phenolic OH excluding ortho intramolecular Hbond substituents is 1. The van der Waals surface area contributed by atoms with E-state index in [2.05, 4.69) is 5.32 Å². The Bertz CT molecular complexity index is 997. The predicted molar refractivity (Wildman–Crippen MR) is 102 cm³/mol. The van der Waals surface area contributed by atoms with E-state index in [-0.39, 0.29) is 11.3 Å². The van der Waals surface area contributed by atoms with Gasteiger partial charge in [0.15, 0.2) is 6.29 Å². The van der Waals surface area contributed by atoms with E-state index in [4.69, 9.17) is 9.15 Å². The fourth-order valence-corrected chi connectivity index (χ4v) is 2.79. The van der Waals surface area contributed by atoms with Gasteiger partial charge < -0.3 is 19.6 Å². The minimum Gasteiger partial charge on any atom is -0.506 e. The van der Waals surface area contributed by atoms with Crippen LogP contribution in [0.1, 0.15) is 36.7 Å². The second kappa shape index (κ2) is 7.15. The van der Waals surface area contributed by atoms with Gasteiger partial charge in [-0.3, -0.25) is 4.79 Å². The van der Waals surface area contributed by atoms with Gasteiger partial charge in [-0.1, -0.05) is 18.2 Å². The quantitative estimate of drug-likeness (QED) is 0.656. The van der Waals surface area contributed by atoms with Crippen LogP contribution in [0.15, 0.2) is 47.1 Å². The summed E-state index contributed by atoms with van der Waals surface area (Å²) in [5.41, 5.74) is 2.48. The molecule has 1 amide bonds. The third-order valence-electron chi connectivity index (χ3n) is 3.94. The van der Waals surface area contributed by atoms with E-state index in [0.29, 0.717) is 29.4 Å². The molecule has 1 aromatic heterocycles. The lowest BCUT2D eigenvalue weighted by atomic mass is 9.98. The molecule has 0 aliphatic carbocycles. The molecule has 140 valence electrons. The average molecular weight is 367 g/mol. The highest BCUT2D eigenvalue weighted by molar-refractivity contribution is 6.02. The number of furan rings is 1. The molecule has 3 aromatic rings. The van der Waals surface area contributed by atoms with Crippen LogP contribution in [-0.4, -0.2) is 23.1 Å². The molecule has 0 spiro atoms. The number of nitrogens with one attached hydrogen (secondary N) is 1. The number of aldehydes is 1. The van der Waals surface area contributed by atoms with E-state index in [1.54, 1.807) is 32.9 Å². The molecule has 0 saturated carbocycles. The lowest BCUT2D eigenvalue weighted by Gasteiger charge is -2.19. The number of carbonyl (C=O) groups is 2. The van der Waals surface area contributed by atoms with E-state index in [9.17, 15) is 14.7 Å². The van der Waals surface area contributed by atoms with Gasteiger partial charge in [-0.2, -0.15) is 0 Å². The maximum absolute atomic E-state index is 11.8. The Morgan fingerprint density at radius 2 is 2.04 bits per heavy atom. The Morgan fingerprint density at radius 1 is 1.26 bits per heavy atom. The predicted octanol–water partition coefficient (Wildman–Crippen LogP) is 4.64. The Morgan fingerprint density at radius 3 is 2.74 bits per heavy atom. The first-order valence-electron chi connectivity index (χ1n) is 8.53. The van der Waals surface area contributed by atoms with Gasteiger partial charge >= 0.3 is 6.09 Å². The standard InChI is InChI=1S/C21H21NO5/c1-21(2,3)27-20(25)22-11-13-5-4-6-14(9-13)17-10-15(12-23)18(24)16-7-8-26-19(16)17/h4-10,12,24H,11H2,1-3H3,(H,22,25). The number of alkyl carbamates (subject to hydrolysis) is 1. The van der Waals surface area contributed by atoms with Crippen LogP contribution in [0, 0.1) is 0 Å². The molecule has 6 nitrogen and oxygen atoms in total. The maximum Gasteiger partial charge on any atom is 0.407 e. The summed E-state index contributed by atoms with van der Waals surface area (Å²) in [6.45, 7) is 5.70. The van der Waals surface area contributed by atoms with Gasteiger partial charge in [0.05, 0.1) is 17.2 Å². The topological polar surface area (TPSA) is 88.8 Å². The number of fused-ring (bicyclic) bond motifs is 1. The molecule has 1 heterocycles. The Balaban J connectivity index is 1.89. The molecule has 0 aliphatic rings. The van der Waals surface area contributed by atoms with Gasteiger partial charge in [0.25, 0.3) is 0 Å². The first kappa shape index (κ1) is 18.5. The second-order valence-corrected chi connectivity index (χ2v) is 7.20. The molecule has 27 heavy (non-hydrogen) atoms. The molecule has 2 N–H and O–H groups in total. The molecule has 0 saturated heterocycles. The van der Waals surface area contributed by atoms with E-state index in [1.807, 2.05) is 24.3 Å². The molecular formula is C21H21NO5. The zero-order chi connectivity index (χ0) is 19.6. The van der Waals surface area contributed by atoms with Crippen molar-refractivity contribution in [1.82, 2.24) is 5.32 Å². The molecule has 0 fully saturated rings. The van der Waals surface area contributed by atoms with Gasteiger partial charge in [-0.15, -0.1) is 0 Å². The van der Waals surface area contributed by atoms with Crippen molar-refractivity contribution >= 4 is 23.3 Å². The maximum atomic E-state index is 11.8. The summed E-state index contributed by atoms with van der Waals surface area (Å²) in [5.74, 6) is -0.0970. The number of hydrogen-bond acceptors (Lipinski definition) is 5. The Labute approximate surface area is 156 Å². The zero-order valence-corrected chi connectivity index (χ0v) is 15.4. The van der Waals surface area contributed by atoms with Gasteiger partial charge in [-0.05, 0) is 50.1 Å². The van der Waals surface area contributed by atoms with Crippen LogP contribution in [0.3, 0.4) is 0 Å². The van der Waals surface area contributed by atoms with Crippen LogP contribution in [0.4, 0.5) is 4.79 Å². The number of ether oxygens (including phenoxy) is 1. The Kier molecular flexibility index (Phi) is 4.90. The Hall–Kier alpha value is -3.28. The highest BCUT2D eigenvalue weighted by atomic mass is 16.6. The van der Waals surface area contributed by atoms with Crippen molar-refractivity contribution in [1.29, 1.82) is 0 Å². The summed E-state index contributed by atoms with van der Waals surface area (Å²) in [6.07, 6.45) is 1.59. The number of phenols is 1. The normalized spacial score (nSPS) is 11.4. The number of hydrogen-bond donors (Lipinski definition) is 2. The minimum absolute atomic E-state index is 0.0970. The summed E-state index contributed by atoms with van der Waals surface area (Å²) in [5, 5.41) is 13.3. The number of aromatic hydroxyl groups is 1. The second-order valence-electron chi connectivity index (χ2n) is 7.20. The highest BCUT2D eigenvalue weighted by Crippen LogP contribution is 2.37. The summed E-state index contributed by atoms with van der Waals surface area (Å²) >= 11 is 0. The lowest BCUT2D eigenvalue weighted by Crippen LogP contribution is -2.32. The number of rotatable bonds is 4. The van der Waals surface area contributed by atoms with Gasteiger partial charge in [0.2, 0.25) is 0 Å². The van der Waals surface area contributed by atoms with Crippen LogP contribution in [0.5, 0.6) is 5.75 Å². The highest BCUT2D eigenvalue weighted by Gasteiger charge is 2.17. The zero-order valence-electron chi connectivity index (χ0n) is 15.4. The van der Waals surface area contributed by atoms with Crippen molar-refractivity contribution in [3.63, 3.8) is 0 Å². The van der Waals surface area contributed by atoms with Crippen LogP contribution < -0.4 is 5.32 Å². The van der Waals surface area contributed by atoms with Crippen LogP contribution >= 0.6 is 0 Å². The van der Waals surface area contributed by atoms with Crippen molar-refractivity contribution in [3.8, 4) is 16.9 Å². The summed E-state index contributed by atoms with van der Waals surface area (Å²) in [4.78, 5) is 23.1. The van der Waals surface area contributed by atoms with Gasteiger partial charge in [0.1, 0.15) is 16.9 Å². The van der Waals surface area contributed by atoms with E-state index in [0.717, 1.165) is 11.1 Å². The molecule has 0 aliphatic heterocycles. The fourth-order valence-electron chi connectivity index (χ4n) is 2.79. The van der Waals surface area contributed by atoms with Crippen molar-refractivity contribution in [2.24, 2.45) is 0 Å². The van der Waals surface area contributed by atoms with Crippen LogP contribution in [0.25, 0.3) is 22.1 Å². The molecule has 0 radical (unpaired) electrons. The monoisotopic (exact) mass is 367 g/mol. The average Bonchev–Trinajstić information content (AvgIpc) is 3.09. The first-order valence-corrected chi connectivity index (χ1v) is 8.53. The van der Waals surface area contributed by atoms with Gasteiger partial charge in [-0.25, -0.2) is 4.79 Å². The van der Waals surface area contributed by atoms with Crippen molar-refractivity contribution in [2.75, 3.05) is 0 Å².